The SMILES string of the molecule is CCNC(=NCC1CCCCN1CC)NCCn1cccc1.I. The Morgan fingerprint density at radius 1 is 1.17 bits per heavy atom. The van der Waals surface area contributed by atoms with Crippen LogP contribution in [-0.2, 0) is 6.54 Å². The van der Waals surface area contributed by atoms with Crippen LogP contribution in [-0.4, -0.2) is 54.2 Å². The number of hydrogen-bond acceptors (Lipinski definition) is 2. The monoisotopic (exact) mass is 433 g/mol. The molecule has 2 rings (SSSR count). The van der Waals surface area contributed by atoms with Gasteiger partial charge in [0.1, 0.15) is 0 Å². The number of rotatable bonds is 7. The van der Waals surface area contributed by atoms with E-state index in [1.165, 1.54) is 25.8 Å². The van der Waals surface area contributed by atoms with Gasteiger partial charge in [0, 0.05) is 38.1 Å². The molecule has 1 aliphatic rings. The van der Waals surface area contributed by atoms with Crippen LogP contribution in [0.15, 0.2) is 29.5 Å². The van der Waals surface area contributed by atoms with Gasteiger partial charge in [0.15, 0.2) is 5.96 Å². The second kappa shape index (κ2) is 11.7. The molecule has 23 heavy (non-hydrogen) atoms. The zero-order valence-electron chi connectivity index (χ0n) is 14.5. The third-order valence-electron chi connectivity index (χ3n) is 4.29. The minimum Gasteiger partial charge on any atom is -0.357 e. The molecule has 6 heteroatoms. The Morgan fingerprint density at radius 3 is 2.65 bits per heavy atom. The maximum Gasteiger partial charge on any atom is 0.191 e. The molecule has 0 saturated carbocycles. The molecule has 132 valence electrons. The molecule has 0 radical (unpaired) electrons. The van der Waals surface area contributed by atoms with Crippen molar-refractivity contribution >= 4 is 29.9 Å². The number of piperidine rings is 1. The van der Waals surface area contributed by atoms with Crippen molar-refractivity contribution in [2.24, 2.45) is 4.99 Å². The zero-order chi connectivity index (χ0) is 15.6. The van der Waals surface area contributed by atoms with Gasteiger partial charge in [-0.15, -0.1) is 24.0 Å². The summed E-state index contributed by atoms with van der Waals surface area (Å²) in [4.78, 5) is 7.36. The van der Waals surface area contributed by atoms with Gasteiger partial charge >= 0.3 is 0 Å². The lowest BCUT2D eigenvalue weighted by Crippen LogP contribution is -2.43. The molecule has 1 aromatic heterocycles. The number of aromatic nitrogens is 1. The van der Waals surface area contributed by atoms with Gasteiger partial charge in [0.25, 0.3) is 0 Å². The summed E-state index contributed by atoms with van der Waals surface area (Å²) in [5.41, 5.74) is 0. The summed E-state index contributed by atoms with van der Waals surface area (Å²) in [6.45, 7) is 10.4. The Morgan fingerprint density at radius 2 is 1.96 bits per heavy atom. The highest BCUT2D eigenvalue weighted by Crippen LogP contribution is 2.16. The fourth-order valence-corrected chi connectivity index (χ4v) is 3.04. The second-order valence-electron chi connectivity index (χ2n) is 5.85. The van der Waals surface area contributed by atoms with Crippen molar-refractivity contribution in [3.8, 4) is 0 Å². The van der Waals surface area contributed by atoms with Crippen molar-refractivity contribution in [3.05, 3.63) is 24.5 Å². The van der Waals surface area contributed by atoms with Gasteiger partial charge in [-0.1, -0.05) is 13.3 Å². The normalized spacial score (nSPS) is 19.2. The van der Waals surface area contributed by atoms with Gasteiger partial charge in [-0.25, -0.2) is 0 Å². The molecular formula is C17H32IN5. The Bertz CT molecular complexity index is 432. The molecule has 2 heterocycles. The summed E-state index contributed by atoms with van der Waals surface area (Å²) in [6, 6.07) is 4.72. The molecular weight excluding hydrogens is 401 g/mol. The summed E-state index contributed by atoms with van der Waals surface area (Å²) < 4.78 is 2.18. The standard InChI is InChI=1S/C17H31N5.HI/c1-3-18-17(19-10-14-21-11-7-8-12-21)20-15-16-9-5-6-13-22(16)4-2;/h7-8,11-12,16H,3-6,9-10,13-15H2,1-2H3,(H2,18,19,20);1H. The first-order valence-electron chi connectivity index (χ1n) is 8.70. The van der Waals surface area contributed by atoms with Gasteiger partial charge < -0.3 is 15.2 Å². The van der Waals surface area contributed by atoms with E-state index in [0.29, 0.717) is 6.04 Å². The highest BCUT2D eigenvalue weighted by atomic mass is 127. The van der Waals surface area contributed by atoms with Crippen molar-refractivity contribution in [2.75, 3.05) is 32.7 Å². The van der Waals surface area contributed by atoms with Crippen LogP contribution >= 0.6 is 24.0 Å². The van der Waals surface area contributed by atoms with Crippen LogP contribution in [0.25, 0.3) is 0 Å². The molecule has 0 aliphatic carbocycles. The summed E-state index contributed by atoms with van der Waals surface area (Å²) in [5, 5.41) is 6.78. The number of nitrogens with zero attached hydrogens (tertiary/aromatic N) is 3. The van der Waals surface area contributed by atoms with Crippen molar-refractivity contribution in [2.45, 2.75) is 45.7 Å². The van der Waals surface area contributed by atoms with Gasteiger partial charge in [0.05, 0.1) is 6.54 Å². The van der Waals surface area contributed by atoms with E-state index in [4.69, 9.17) is 4.99 Å². The van der Waals surface area contributed by atoms with Crippen LogP contribution < -0.4 is 10.6 Å². The van der Waals surface area contributed by atoms with E-state index in [1.807, 2.05) is 0 Å². The third kappa shape index (κ3) is 7.12. The van der Waals surface area contributed by atoms with Crippen molar-refractivity contribution in [3.63, 3.8) is 0 Å². The van der Waals surface area contributed by atoms with E-state index in [1.54, 1.807) is 0 Å². The molecule has 1 saturated heterocycles. The smallest absolute Gasteiger partial charge is 0.191 e. The van der Waals surface area contributed by atoms with Crippen molar-refractivity contribution in [1.29, 1.82) is 0 Å². The number of aliphatic imine (C=N–C) groups is 1. The van der Waals surface area contributed by atoms with Crippen LogP contribution in [0.5, 0.6) is 0 Å². The average Bonchev–Trinajstić information content (AvgIpc) is 3.06. The van der Waals surface area contributed by atoms with Crippen LogP contribution in [0.1, 0.15) is 33.1 Å². The van der Waals surface area contributed by atoms with Crippen LogP contribution in [0.4, 0.5) is 0 Å². The maximum atomic E-state index is 4.80. The first kappa shape index (κ1) is 20.3. The topological polar surface area (TPSA) is 44.6 Å². The first-order chi connectivity index (χ1) is 10.8. The lowest BCUT2D eigenvalue weighted by Gasteiger charge is -2.33. The Kier molecular flexibility index (Phi) is 10.3. The van der Waals surface area contributed by atoms with Crippen LogP contribution in [0.2, 0.25) is 0 Å². The van der Waals surface area contributed by atoms with E-state index in [0.717, 1.165) is 38.7 Å². The molecule has 1 fully saturated rings. The van der Waals surface area contributed by atoms with E-state index in [2.05, 4.69) is 58.5 Å². The molecule has 5 nitrogen and oxygen atoms in total. The van der Waals surface area contributed by atoms with Gasteiger partial charge in [-0.2, -0.15) is 0 Å². The van der Waals surface area contributed by atoms with Crippen LogP contribution in [0.3, 0.4) is 0 Å². The molecule has 1 unspecified atom stereocenters. The fourth-order valence-electron chi connectivity index (χ4n) is 3.04. The largest absolute Gasteiger partial charge is 0.357 e. The fraction of sp³-hybridized carbons (Fsp3) is 0.706. The first-order valence-corrected chi connectivity index (χ1v) is 8.70. The maximum absolute atomic E-state index is 4.80. The lowest BCUT2D eigenvalue weighted by molar-refractivity contribution is 0.161. The molecule has 0 amide bonds. The molecule has 1 atom stereocenters. The second-order valence-corrected chi connectivity index (χ2v) is 5.85. The quantitative estimate of drug-likeness (QED) is 0.395. The molecule has 0 spiro atoms. The highest BCUT2D eigenvalue weighted by Gasteiger charge is 2.20. The highest BCUT2D eigenvalue weighted by molar-refractivity contribution is 14.0. The van der Waals surface area contributed by atoms with E-state index in [9.17, 15) is 0 Å². The number of likely N-dealkylation sites (tertiary alicyclic amines) is 1. The Labute approximate surface area is 157 Å². The molecule has 1 aromatic rings. The molecule has 0 aromatic carbocycles. The minimum absolute atomic E-state index is 0. The van der Waals surface area contributed by atoms with Gasteiger partial charge in [-0.3, -0.25) is 9.89 Å². The lowest BCUT2D eigenvalue weighted by atomic mass is 10.0. The number of halogens is 1. The minimum atomic E-state index is 0. The number of likely N-dealkylation sites (N-methyl/N-ethyl adjacent to an activating group) is 1. The van der Waals surface area contributed by atoms with E-state index < -0.39 is 0 Å². The summed E-state index contributed by atoms with van der Waals surface area (Å²) >= 11 is 0. The summed E-state index contributed by atoms with van der Waals surface area (Å²) in [6.07, 6.45) is 8.14. The third-order valence-corrected chi connectivity index (χ3v) is 4.29. The van der Waals surface area contributed by atoms with E-state index >= 15 is 0 Å². The predicted molar refractivity (Wildman–Crippen MR) is 109 cm³/mol. The number of nitrogens with one attached hydrogen (secondary N) is 2. The van der Waals surface area contributed by atoms with Gasteiger partial charge in [-0.05, 0) is 45.0 Å². The molecule has 0 bridgehead atoms. The Balaban J connectivity index is 0.00000264. The number of guanidine groups is 1. The van der Waals surface area contributed by atoms with Crippen molar-refractivity contribution < 1.29 is 0 Å². The molecule has 1 aliphatic heterocycles. The van der Waals surface area contributed by atoms with E-state index in [-0.39, 0.29) is 24.0 Å². The van der Waals surface area contributed by atoms with Gasteiger partial charge in [0.2, 0.25) is 0 Å². The van der Waals surface area contributed by atoms with Crippen molar-refractivity contribution in [1.82, 2.24) is 20.1 Å². The average molecular weight is 433 g/mol. The summed E-state index contributed by atoms with van der Waals surface area (Å²) in [7, 11) is 0. The van der Waals surface area contributed by atoms with Crippen LogP contribution in [0, 0.1) is 0 Å². The zero-order valence-corrected chi connectivity index (χ0v) is 16.8. The predicted octanol–water partition coefficient (Wildman–Crippen LogP) is 2.54. The number of hydrogen-bond donors (Lipinski definition) is 2. The summed E-state index contributed by atoms with van der Waals surface area (Å²) in [5.74, 6) is 0.941. The molecule has 2 N–H and O–H groups in total. The Hall–Kier alpha value is -0.760.